The fourth-order valence-corrected chi connectivity index (χ4v) is 5.81. The van der Waals surface area contributed by atoms with E-state index in [-0.39, 0.29) is 24.9 Å². The molecule has 0 atom stereocenters. The van der Waals surface area contributed by atoms with E-state index in [0.717, 1.165) is 0 Å². The van der Waals surface area contributed by atoms with Gasteiger partial charge in [0.1, 0.15) is 11.1 Å². The SMILES string of the molecule is Cc1cc(N2C(=O)N(CCCCCN3C(=O)N(c4ccc(NC(=O)O)c(C)c4)C(C)(C)C3=O)C(=O)C2(C)C)ccc1NC(=O)O. The largest absolute Gasteiger partial charge is 0.465 e. The molecular weight excluding hydrogens is 584 g/mol. The third-order valence-corrected chi connectivity index (χ3v) is 8.18. The number of carboxylic acid groups (broad SMARTS) is 2. The highest BCUT2D eigenvalue weighted by Gasteiger charge is 2.53. The molecule has 0 saturated carbocycles. The van der Waals surface area contributed by atoms with E-state index in [0.29, 0.717) is 53.1 Å². The van der Waals surface area contributed by atoms with Crippen LogP contribution >= 0.6 is 0 Å². The lowest BCUT2D eigenvalue weighted by atomic mass is 10.0. The third-order valence-electron chi connectivity index (χ3n) is 8.18. The monoisotopic (exact) mass is 622 g/mol. The molecule has 240 valence electrons. The molecule has 0 radical (unpaired) electrons. The zero-order valence-corrected chi connectivity index (χ0v) is 26.1. The highest BCUT2D eigenvalue weighted by molar-refractivity contribution is 6.17. The molecule has 0 unspecified atom stereocenters. The van der Waals surface area contributed by atoms with Crippen LogP contribution in [0.5, 0.6) is 0 Å². The number of anilines is 4. The first-order valence-corrected chi connectivity index (χ1v) is 14.5. The van der Waals surface area contributed by atoms with Gasteiger partial charge in [-0.15, -0.1) is 0 Å². The molecule has 2 heterocycles. The number of unbranched alkanes of at least 4 members (excludes halogenated alkanes) is 2. The number of benzene rings is 2. The van der Waals surface area contributed by atoms with Gasteiger partial charge in [-0.3, -0.25) is 39.8 Å². The van der Waals surface area contributed by atoms with E-state index in [1.807, 2.05) is 0 Å². The summed E-state index contributed by atoms with van der Waals surface area (Å²) < 4.78 is 0. The maximum Gasteiger partial charge on any atom is 0.409 e. The average Bonchev–Trinajstić information content (AvgIpc) is 3.21. The van der Waals surface area contributed by atoms with E-state index >= 15 is 0 Å². The van der Waals surface area contributed by atoms with Gasteiger partial charge < -0.3 is 10.2 Å². The van der Waals surface area contributed by atoms with Crippen molar-refractivity contribution in [3.8, 4) is 0 Å². The van der Waals surface area contributed by atoms with Gasteiger partial charge >= 0.3 is 24.2 Å². The van der Waals surface area contributed by atoms with E-state index in [4.69, 9.17) is 10.2 Å². The molecule has 14 nitrogen and oxygen atoms in total. The molecule has 2 aliphatic rings. The van der Waals surface area contributed by atoms with Crippen LogP contribution in [-0.2, 0) is 9.59 Å². The number of aryl methyl sites for hydroxylation is 2. The zero-order chi connectivity index (χ0) is 33.4. The summed E-state index contributed by atoms with van der Waals surface area (Å²) in [7, 11) is 0. The zero-order valence-electron chi connectivity index (χ0n) is 26.1. The molecule has 4 N–H and O–H groups in total. The summed E-state index contributed by atoms with van der Waals surface area (Å²) in [6.07, 6.45) is -0.953. The summed E-state index contributed by atoms with van der Waals surface area (Å²) in [6, 6.07) is 8.62. The van der Waals surface area contributed by atoms with Gasteiger partial charge in [-0.25, -0.2) is 19.2 Å². The van der Waals surface area contributed by atoms with Crippen molar-refractivity contribution < 1.29 is 39.0 Å². The summed E-state index contributed by atoms with van der Waals surface area (Å²) >= 11 is 0. The molecule has 0 spiro atoms. The Balaban J connectivity index is 1.37. The predicted molar refractivity (Wildman–Crippen MR) is 167 cm³/mol. The lowest BCUT2D eigenvalue weighted by molar-refractivity contribution is -0.130. The molecular formula is C31H38N6O8. The number of imide groups is 2. The number of carbonyl (C=O) groups is 6. The first-order chi connectivity index (χ1) is 21.0. The molecule has 0 bridgehead atoms. The van der Waals surface area contributed by atoms with Crippen molar-refractivity contribution in [1.29, 1.82) is 0 Å². The number of rotatable bonds is 10. The Morgan fingerprint density at radius 2 is 1.00 bits per heavy atom. The Morgan fingerprint density at radius 3 is 1.31 bits per heavy atom. The lowest BCUT2D eigenvalue weighted by Gasteiger charge is -2.28. The van der Waals surface area contributed by atoms with Crippen LogP contribution in [0, 0.1) is 13.8 Å². The molecule has 2 fully saturated rings. The second kappa shape index (κ2) is 12.1. The summed E-state index contributed by atoms with van der Waals surface area (Å²) in [4.78, 5) is 80.5. The number of carbonyl (C=O) groups excluding carboxylic acids is 4. The van der Waals surface area contributed by atoms with E-state index < -0.39 is 35.3 Å². The van der Waals surface area contributed by atoms with Gasteiger partial charge in [0, 0.05) is 35.8 Å². The predicted octanol–water partition coefficient (Wildman–Crippen LogP) is 5.45. The average molecular weight is 623 g/mol. The molecule has 8 amide bonds. The third kappa shape index (κ3) is 6.12. The molecule has 2 aliphatic heterocycles. The molecule has 2 saturated heterocycles. The Labute approximate surface area is 260 Å². The van der Waals surface area contributed by atoms with Gasteiger partial charge in [-0.05, 0) is 108 Å². The summed E-state index contributed by atoms with van der Waals surface area (Å²) in [6.45, 7) is 10.3. The molecule has 45 heavy (non-hydrogen) atoms. The molecule has 4 rings (SSSR count). The van der Waals surface area contributed by atoms with Gasteiger partial charge in [-0.2, -0.15) is 0 Å². The normalized spacial score (nSPS) is 17.4. The second-order valence-corrected chi connectivity index (χ2v) is 12.2. The van der Waals surface area contributed by atoms with Crippen LogP contribution in [0.2, 0.25) is 0 Å². The van der Waals surface area contributed by atoms with Crippen molar-refractivity contribution in [2.45, 2.75) is 71.9 Å². The first-order valence-electron chi connectivity index (χ1n) is 14.5. The van der Waals surface area contributed by atoms with Crippen LogP contribution < -0.4 is 20.4 Å². The number of nitrogens with one attached hydrogen (secondary N) is 2. The van der Waals surface area contributed by atoms with Crippen molar-refractivity contribution in [2.24, 2.45) is 0 Å². The van der Waals surface area contributed by atoms with Crippen molar-refractivity contribution in [3.63, 3.8) is 0 Å². The standard InChI is InChI=1S/C31H38N6O8/c1-18-16-20(10-12-22(18)32-26(40)41)36-28(44)34(24(38)30(36,3)4)14-8-7-9-15-35-25(39)31(5,6)37(29(35)45)21-11-13-23(19(2)17-21)33-27(42)43/h10-13,16-17,32-33H,7-9,14-15H2,1-6H3,(H,40,41)(H,42,43). The highest BCUT2D eigenvalue weighted by Crippen LogP contribution is 2.37. The van der Waals surface area contributed by atoms with Crippen LogP contribution in [0.4, 0.5) is 41.9 Å². The Kier molecular flexibility index (Phi) is 8.81. The van der Waals surface area contributed by atoms with Crippen LogP contribution in [0.15, 0.2) is 36.4 Å². The van der Waals surface area contributed by atoms with E-state index in [1.54, 1.807) is 77.9 Å². The highest BCUT2D eigenvalue weighted by atomic mass is 16.4. The van der Waals surface area contributed by atoms with Gasteiger partial charge in [0.2, 0.25) is 0 Å². The number of amides is 8. The van der Waals surface area contributed by atoms with Crippen LogP contribution in [0.3, 0.4) is 0 Å². The van der Waals surface area contributed by atoms with Gasteiger partial charge in [-0.1, -0.05) is 0 Å². The van der Waals surface area contributed by atoms with Crippen LogP contribution in [0.25, 0.3) is 0 Å². The van der Waals surface area contributed by atoms with Gasteiger partial charge in [0.15, 0.2) is 0 Å². The van der Waals surface area contributed by atoms with Crippen LogP contribution in [0.1, 0.15) is 58.1 Å². The Bertz CT molecular complexity index is 1470. The maximum absolute atomic E-state index is 13.4. The minimum Gasteiger partial charge on any atom is -0.465 e. The Hall–Kier alpha value is -5.14. The molecule has 14 heteroatoms. The second-order valence-electron chi connectivity index (χ2n) is 12.2. The molecule has 0 aromatic heterocycles. The fraction of sp³-hybridized carbons (Fsp3) is 0.419. The van der Waals surface area contributed by atoms with Gasteiger partial charge in [0.05, 0.1) is 0 Å². The van der Waals surface area contributed by atoms with Gasteiger partial charge in [0.25, 0.3) is 11.8 Å². The number of nitrogens with zero attached hydrogens (tertiary/aromatic N) is 4. The van der Waals surface area contributed by atoms with Crippen molar-refractivity contribution in [1.82, 2.24) is 9.80 Å². The number of hydrogen-bond donors (Lipinski definition) is 4. The fourth-order valence-electron chi connectivity index (χ4n) is 5.81. The number of hydrogen-bond acceptors (Lipinski definition) is 6. The maximum atomic E-state index is 13.4. The lowest BCUT2D eigenvalue weighted by Crippen LogP contribution is -2.44. The smallest absolute Gasteiger partial charge is 0.409 e. The Morgan fingerprint density at radius 1 is 0.644 bits per heavy atom. The van der Waals surface area contributed by atoms with E-state index in [1.165, 1.54) is 19.6 Å². The number of urea groups is 2. The van der Waals surface area contributed by atoms with E-state index in [9.17, 15) is 28.8 Å². The minimum absolute atomic E-state index is 0.157. The molecule has 0 aliphatic carbocycles. The van der Waals surface area contributed by atoms with Crippen molar-refractivity contribution in [2.75, 3.05) is 33.5 Å². The minimum atomic E-state index is -1.21. The topological polar surface area (TPSA) is 180 Å². The van der Waals surface area contributed by atoms with Crippen LogP contribution in [-0.4, -0.2) is 80.2 Å². The summed E-state index contributed by atoms with van der Waals surface area (Å²) in [5, 5.41) is 22.6. The van der Waals surface area contributed by atoms with E-state index in [2.05, 4.69) is 10.6 Å². The first kappa shape index (κ1) is 32.8. The van der Waals surface area contributed by atoms with Crippen molar-refractivity contribution >= 4 is 58.8 Å². The summed E-state index contributed by atoms with van der Waals surface area (Å²) in [5.41, 5.74) is 0.567. The molecule has 2 aromatic rings. The summed E-state index contributed by atoms with van der Waals surface area (Å²) in [5.74, 6) is -0.722. The molecule has 2 aromatic carbocycles. The van der Waals surface area contributed by atoms with Crippen molar-refractivity contribution in [3.05, 3.63) is 47.5 Å². The quantitative estimate of drug-likeness (QED) is 0.199.